The van der Waals surface area contributed by atoms with Crippen molar-refractivity contribution in [3.63, 3.8) is 0 Å². The molecular formula is C35H62N2O11. The predicted octanol–water partition coefficient (Wildman–Crippen LogP) is 2.96. The second-order valence-corrected chi connectivity index (χ2v) is 14.7. The number of esters is 1. The highest BCUT2D eigenvalue weighted by atomic mass is 16.7. The van der Waals surface area contributed by atoms with Crippen LogP contribution >= 0.6 is 0 Å². The van der Waals surface area contributed by atoms with E-state index < -0.39 is 91.1 Å². The van der Waals surface area contributed by atoms with Crippen molar-refractivity contribution in [2.45, 2.75) is 148 Å². The van der Waals surface area contributed by atoms with E-state index in [1.807, 2.05) is 39.8 Å². The molecule has 0 aromatic heterocycles. The summed E-state index contributed by atoms with van der Waals surface area (Å²) in [5.74, 6) is -3.30. The van der Waals surface area contributed by atoms with Crippen molar-refractivity contribution in [2.24, 2.45) is 34.7 Å². The number of methoxy groups -OCH3 is 1. The number of rotatable bonds is 6. The highest BCUT2D eigenvalue weighted by Crippen LogP contribution is 2.37. The molecule has 0 aromatic rings. The summed E-state index contributed by atoms with van der Waals surface area (Å²) >= 11 is 0. The van der Waals surface area contributed by atoms with Gasteiger partial charge in [-0.05, 0) is 66.1 Å². The maximum absolute atomic E-state index is 13.8. The van der Waals surface area contributed by atoms with Gasteiger partial charge in [0.2, 0.25) is 0 Å². The number of nitrogens with zero attached hydrogens (tertiary/aromatic N) is 2. The van der Waals surface area contributed by atoms with Gasteiger partial charge in [0.25, 0.3) is 0 Å². The van der Waals surface area contributed by atoms with Gasteiger partial charge in [0, 0.05) is 37.3 Å². The van der Waals surface area contributed by atoms with E-state index >= 15 is 0 Å². The van der Waals surface area contributed by atoms with Crippen LogP contribution in [0.2, 0.25) is 0 Å². The van der Waals surface area contributed by atoms with Crippen LogP contribution in [0.1, 0.15) is 74.7 Å². The molecule has 3 aliphatic heterocycles. The van der Waals surface area contributed by atoms with Gasteiger partial charge < -0.3 is 53.8 Å². The Morgan fingerprint density at radius 1 is 0.833 bits per heavy atom. The molecule has 3 aliphatic rings. The van der Waals surface area contributed by atoms with Gasteiger partial charge in [0.15, 0.2) is 12.6 Å². The van der Waals surface area contributed by atoms with Gasteiger partial charge in [-0.25, -0.2) is 0 Å². The predicted molar refractivity (Wildman–Crippen MR) is 178 cm³/mol. The summed E-state index contributed by atoms with van der Waals surface area (Å²) < 4.78 is 37.1. The number of ether oxygens (including phenoxy) is 6. The third kappa shape index (κ3) is 9.35. The zero-order valence-electron chi connectivity index (χ0n) is 30.7. The molecule has 0 saturated carbocycles. The molecule has 1 unspecified atom stereocenters. The summed E-state index contributed by atoms with van der Waals surface area (Å²) in [7, 11) is 5.32. The van der Waals surface area contributed by atoms with Gasteiger partial charge in [-0.2, -0.15) is 0 Å². The lowest BCUT2D eigenvalue weighted by Gasteiger charge is -2.46. The minimum Gasteiger partial charge on any atom is -0.462 e. The lowest BCUT2D eigenvalue weighted by molar-refractivity contribution is -0.298. The summed E-state index contributed by atoms with van der Waals surface area (Å²) in [5.41, 5.74) is 0.760. The number of carbonyl (C=O) groups is 1. The number of carbonyl (C=O) groups excluding carboxylic acids is 1. The number of allylic oxidation sites excluding steroid dienone is 1. The molecule has 278 valence electrons. The minimum atomic E-state index is -1.01. The summed E-state index contributed by atoms with van der Waals surface area (Å²) in [5, 5.41) is 46.9. The fourth-order valence-electron chi connectivity index (χ4n) is 7.50. The van der Waals surface area contributed by atoms with Crippen LogP contribution in [0.5, 0.6) is 0 Å². The van der Waals surface area contributed by atoms with Crippen LogP contribution in [-0.2, 0) is 33.2 Å². The molecule has 13 nitrogen and oxygen atoms in total. The van der Waals surface area contributed by atoms with E-state index in [9.17, 15) is 25.3 Å². The molecule has 0 spiro atoms. The van der Waals surface area contributed by atoms with E-state index in [4.69, 9.17) is 28.4 Å². The largest absolute Gasteiger partial charge is 0.462 e. The summed E-state index contributed by atoms with van der Waals surface area (Å²) in [6.45, 7) is 18.8. The molecule has 0 aliphatic carbocycles. The number of oxime groups is 1. The third-order valence-electron chi connectivity index (χ3n) is 10.9. The Balaban J connectivity index is 2.09. The van der Waals surface area contributed by atoms with Crippen molar-refractivity contribution < 1.29 is 53.7 Å². The summed E-state index contributed by atoms with van der Waals surface area (Å²) in [4.78, 5) is 15.8. The molecule has 3 fully saturated rings. The highest BCUT2D eigenvalue weighted by molar-refractivity contribution is 6.01. The average molecular weight is 687 g/mol. The van der Waals surface area contributed by atoms with Gasteiger partial charge in [0.05, 0.1) is 48.3 Å². The SMILES string of the molecule is C=C1C[C@H](C)[C@H](O[C@@H]2O[C@H](C)C[C@H](N(C)C)[C@H]2O)[C@@H](C)C(O[C@H]2C[C@H](OC)[C@@H](O)[C@H](C)O2)[C@@H](C)C(=O)O[C@H](C)[C@H](C)[C@H](O)[C@@H](C)/C1=N/O. The fraction of sp³-hybridized carbons (Fsp3) is 0.886. The maximum atomic E-state index is 13.8. The van der Waals surface area contributed by atoms with E-state index in [0.29, 0.717) is 18.4 Å². The van der Waals surface area contributed by atoms with Crippen LogP contribution in [0.3, 0.4) is 0 Å². The number of aliphatic hydroxyl groups excluding tert-OH is 3. The molecule has 0 amide bonds. The number of likely N-dealkylation sites (N-methyl/N-ethyl adjacent to an activating group) is 1. The summed E-state index contributed by atoms with van der Waals surface area (Å²) in [6.07, 6.45) is -7.00. The molecule has 17 atom stereocenters. The van der Waals surface area contributed by atoms with Gasteiger partial charge in [-0.3, -0.25) is 4.79 Å². The molecule has 3 rings (SSSR count). The molecule has 4 N–H and O–H groups in total. The van der Waals surface area contributed by atoms with Gasteiger partial charge in [0.1, 0.15) is 18.3 Å². The van der Waals surface area contributed by atoms with Crippen molar-refractivity contribution >= 4 is 11.7 Å². The van der Waals surface area contributed by atoms with Crippen LogP contribution in [-0.4, -0.2) is 132 Å². The molecule has 0 radical (unpaired) electrons. The molecule has 3 heterocycles. The first-order valence-electron chi connectivity index (χ1n) is 17.4. The Bertz CT molecular complexity index is 1090. The van der Waals surface area contributed by atoms with E-state index in [2.05, 4.69) is 11.7 Å². The van der Waals surface area contributed by atoms with Crippen molar-refractivity contribution in [3.05, 3.63) is 12.2 Å². The van der Waals surface area contributed by atoms with Crippen LogP contribution in [0.15, 0.2) is 17.3 Å². The number of hydrogen-bond acceptors (Lipinski definition) is 13. The summed E-state index contributed by atoms with van der Waals surface area (Å²) in [6, 6.07) is -0.216. The first-order chi connectivity index (χ1) is 22.4. The quantitative estimate of drug-likeness (QED) is 0.183. The zero-order valence-corrected chi connectivity index (χ0v) is 30.7. The van der Waals surface area contributed by atoms with Crippen LogP contribution < -0.4 is 0 Å². The van der Waals surface area contributed by atoms with Crippen LogP contribution in [0.4, 0.5) is 0 Å². The zero-order chi connectivity index (χ0) is 36.2. The number of aliphatic hydroxyl groups is 3. The molecule has 13 heteroatoms. The van der Waals surface area contributed by atoms with E-state index in [-0.39, 0.29) is 30.2 Å². The van der Waals surface area contributed by atoms with Gasteiger partial charge >= 0.3 is 5.97 Å². The number of cyclic esters (lactones) is 1. The Morgan fingerprint density at radius 2 is 1.48 bits per heavy atom. The van der Waals surface area contributed by atoms with E-state index in [1.54, 1.807) is 34.6 Å². The second kappa shape index (κ2) is 17.5. The van der Waals surface area contributed by atoms with Crippen molar-refractivity contribution in [3.8, 4) is 0 Å². The monoisotopic (exact) mass is 686 g/mol. The fourth-order valence-corrected chi connectivity index (χ4v) is 7.50. The minimum absolute atomic E-state index is 0.195. The second-order valence-electron chi connectivity index (χ2n) is 14.7. The van der Waals surface area contributed by atoms with Gasteiger partial charge in [-0.1, -0.05) is 39.4 Å². The Morgan fingerprint density at radius 3 is 2.06 bits per heavy atom. The van der Waals surface area contributed by atoms with Crippen LogP contribution in [0, 0.1) is 29.6 Å². The molecule has 48 heavy (non-hydrogen) atoms. The van der Waals surface area contributed by atoms with E-state index in [0.717, 1.165) is 0 Å². The topological polar surface area (TPSA) is 169 Å². The van der Waals surface area contributed by atoms with Crippen molar-refractivity contribution in [1.29, 1.82) is 0 Å². The smallest absolute Gasteiger partial charge is 0.311 e. The molecule has 0 aromatic carbocycles. The Hall–Kier alpha value is -1.68. The standard InChI is InChI=1S/C35H62N2O11/c1-16-13-17(2)32(48-35-31(40)25(37(10)11)14-18(3)44-35)21(6)33(47-27-15-26(43-12)30(39)24(9)45-27)22(7)34(41)46-23(8)19(4)29(38)20(5)28(16)36-42/h17-27,29-33,35,38-40,42H,1,13-15H2,2-12H3/b36-28+/t17-,18+,19-,20-,21+,22+,23+,24-,25-,26-,27-,29-,30-,31+,32-,33?,35-/m0/s1. The van der Waals surface area contributed by atoms with Crippen molar-refractivity contribution in [1.82, 2.24) is 4.90 Å². The molecule has 0 bridgehead atoms. The van der Waals surface area contributed by atoms with Crippen LogP contribution in [0.25, 0.3) is 0 Å². The Labute approximate surface area is 286 Å². The van der Waals surface area contributed by atoms with Crippen molar-refractivity contribution in [2.75, 3.05) is 21.2 Å². The lowest BCUT2D eigenvalue weighted by Crippen LogP contribution is -2.57. The highest BCUT2D eigenvalue weighted by Gasteiger charge is 2.47. The van der Waals surface area contributed by atoms with Gasteiger partial charge in [-0.15, -0.1) is 0 Å². The first kappa shape index (κ1) is 40.7. The molecular weight excluding hydrogens is 624 g/mol. The first-order valence-corrected chi connectivity index (χ1v) is 17.4. The van der Waals surface area contributed by atoms with E-state index in [1.165, 1.54) is 7.11 Å². The average Bonchev–Trinajstić information content (AvgIpc) is 3.03. The third-order valence-corrected chi connectivity index (χ3v) is 10.9. The molecule has 3 saturated heterocycles. The lowest BCUT2D eigenvalue weighted by atomic mass is 9.78. The Kier molecular flexibility index (Phi) is 14.9. The number of hydrogen-bond donors (Lipinski definition) is 4. The maximum Gasteiger partial charge on any atom is 0.311 e. The normalized spacial score (nSPS) is 46.7.